The molecule has 1 N–H and O–H groups in total. The fraction of sp³-hybridized carbons (Fsp3) is 0.556. The molecule has 0 aliphatic heterocycles. The summed E-state index contributed by atoms with van der Waals surface area (Å²) in [6.45, 7) is 5.53. The quantitative estimate of drug-likeness (QED) is 0.712. The van der Waals surface area contributed by atoms with Crippen LogP contribution in [0.15, 0.2) is 12.1 Å². The summed E-state index contributed by atoms with van der Waals surface area (Å²) >= 11 is 0. The van der Waals surface area contributed by atoms with Gasteiger partial charge in [-0.25, -0.2) is 0 Å². The minimum Gasteiger partial charge on any atom is -0.475 e. The lowest BCUT2D eigenvalue weighted by Crippen LogP contribution is -2.27. The highest BCUT2D eigenvalue weighted by atomic mass is 16.5. The molecular formula is C9H14N6O. The van der Waals surface area contributed by atoms with Crippen molar-refractivity contribution in [1.29, 1.82) is 0 Å². The zero-order valence-electron chi connectivity index (χ0n) is 9.29. The molecule has 2 heterocycles. The number of fused-ring (bicyclic) bond motifs is 1. The molecule has 0 bridgehead atoms. The van der Waals surface area contributed by atoms with Crippen molar-refractivity contribution in [3.05, 3.63) is 12.1 Å². The molecule has 0 aromatic carbocycles. The third kappa shape index (κ3) is 2.63. The summed E-state index contributed by atoms with van der Waals surface area (Å²) in [5.41, 5.74) is 0.604. The van der Waals surface area contributed by atoms with Gasteiger partial charge in [0.2, 0.25) is 5.88 Å². The van der Waals surface area contributed by atoms with Gasteiger partial charge >= 0.3 is 0 Å². The van der Waals surface area contributed by atoms with Gasteiger partial charge in [0.05, 0.1) is 0 Å². The predicted molar refractivity (Wildman–Crippen MR) is 57.2 cm³/mol. The van der Waals surface area contributed by atoms with Crippen molar-refractivity contribution in [2.24, 2.45) is 0 Å². The zero-order chi connectivity index (χ0) is 11.4. The third-order valence-corrected chi connectivity index (χ3v) is 1.95. The molecule has 7 heteroatoms. The number of nitrogens with one attached hydrogen (secondary N) is 1. The lowest BCUT2D eigenvalue weighted by Gasteiger charge is -2.08. The SMILES string of the molecule is CC(C)NCCOc1ccc2nnnn2n1. The van der Waals surface area contributed by atoms with Crippen molar-refractivity contribution in [2.75, 3.05) is 13.2 Å². The van der Waals surface area contributed by atoms with Crippen LogP contribution in [0.5, 0.6) is 5.88 Å². The van der Waals surface area contributed by atoms with Crippen LogP contribution in [0, 0.1) is 0 Å². The predicted octanol–water partition coefficient (Wildman–Crippen LogP) is -0.104. The Morgan fingerprint density at radius 1 is 1.44 bits per heavy atom. The molecule has 0 fully saturated rings. The lowest BCUT2D eigenvalue weighted by molar-refractivity contribution is 0.292. The summed E-state index contributed by atoms with van der Waals surface area (Å²) in [5.74, 6) is 0.519. The van der Waals surface area contributed by atoms with Crippen LogP contribution >= 0.6 is 0 Å². The lowest BCUT2D eigenvalue weighted by atomic mass is 10.4. The fourth-order valence-corrected chi connectivity index (χ4v) is 1.21. The zero-order valence-corrected chi connectivity index (χ0v) is 9.29. The van der Waals surface area contributed by atoms with Crippen LogP contribution in [0.2, 0.25) is 0 Å². The minimum atomic E-state index is 0.457. The van der Waals surface area contributed by atoms with Crippen LogP contribution in [0.1, 0.15) is 13.8 Å². The number of ether oxygens (including phenoxy) is 1. The van der Waals surface area contributed by atoms with E-state index in [2.05, 4.69) is 39.8 Å². The van der Waals surface area contributed by atoms with Gasteiger partial charge in [0.1, 0.15) is 6.61 Å². The number of hydrogen-bond donors (Lipinski definition) is 1. The molecule has 2 aromatic heterocycles. The Labute approximate surface area is 92.8 Å². The molecule has 2 rings (SSSR count). The largest absolute Gasteiger partial charge is 0.475 e. The molecule has 2 aromatic rings. The highest BCUT2D eigenvalue weighted by molar-refractivity contribution is 5.34. The fourth-order valence-electron chi connectivity index (χ4n) is 1.21. The van der Waals surface area contributed by atoms with E-state index in [1.165, 1.54) is 4.63 Å². The van der Waals surface area contributed by atoms with E-state index < -0.39 is 0 Å². The first-order valence-corrected chi connectivity index (χ1v) is 5.17. The number of hydrogen-bond acceptors (Lipinski definition) is 6. The Kier molecular flexibility index (Phi) is 3.25. The van der Waals surface area contributed by atoms with Gasteiger partial charge in [0.25, 0.3) is 0 Å². The molecule has 0 aliphatic rings. The smallest absolute Gasteiger partial charge is 0.233 e. The molecule has 0 saturated heterocycles. The normalized spacial score (nSPS) is 11.2. The van der Waals surface area contributed by atoms with E-state index in [1.54, 1.807) is 12.1 Å². The second-order valence-corrected chi connectivity index (χ2v) is 3.66. The highest BCUT2D eigenvalue weighted by Crippen LogP contribution is 2.05. The summed E-state index contributed by atoms with van der Waals surface area (Å²) in [6.07, 6.45) is 0. The number of aromatic nitrogens is 5. The summed E-state index contributed by atoms with van der Waals surface area (Å²) in [4.78, 5) is 0. The first kappa shape index (κ1) is 10.7. The average molecular weight is 222 g/mol. The molecule has 0 unspecified atom stereocenters. The molecule has 0 atom stereocenters. The Bertz CT molecular complexity index is 454. The number of tetrazole rings is 1. The van der Waals surface area contributed by atoms with Gasteiger partial charge in [-0.1, -0.05) is 13.8 Å². The second kappa shape index (κ2) is 4.84. The molecule has 0 saturated carbocycles. The van der Waals surface area contributed by atoms with Crippen LogP contribution in [0.4, 0.5) is 0 Å². The van der Waals surface area contributed by atoms with Crippen LogP contribution in [-0.4, -0.2) is 44.4 Å². The Morgan fingerprint density at radius 3 is 3.12 bits per heavy atom. The highest BCUT2D eigenvalue weighted by Gasteiger charge is 2.01. The van der Waals surface area contributed by atoms with E-state index >= 15 is 0 Å². The molecular weight excluding hydrogens is 208 g/mol. The minimum absolute atomic E-state index is 0.457. The number of nitrogens with zero attached hydrogens (tertiary/aromatic N) is 5. The van der Waals surface area contributed by atoms with Crippen molar-refractivity contribution >= 4 is 5.65 Å². The molecule has 7 nitrogen and oxygen atoms in total. The molecule has 0 amide bonds. The Hall–Kier alpha value is -1.76. The van der Waals surface area contributed by atoms with E-state index in [0.29, 0.717) is 24.2 Å². The van der Waals surface area contributed by atoms with Crippen molar-refractivity contribution < 1.29 is 4.74 Å². The topological polar surface area (TPSA) is 77.2 Å². The van der Waals surface area contributed by atoms with Crippen molar-refractivity contribution in [2.45, 2.75) is 19.9 Å². The third-order valence-electron chi connectivity index (χ3n) is 1.95. The van der Waals surface area contributed by atoms with Gasteiger partial charge in [0, 0.05) is 18.7 Å². The maximum atomic E-state index is 5.44. The molecule has 16 heavy (non-hydrogen) atoms. The van der Waals surface area contributed by atoms with E-state index in [-0.39, 0.29) is 0 Å². The maximum absolute atomic E-state index is 5.44. The Balaban J connectivity index is 1.89. The van der Waals surface area contributed by atoms with E-state index in [0.717, 1.165) is 6.54 Å². The summed E-state index contributed by atoms with van der Waals surface area (Å²) < 4.78 is 6.78. The summed E-state index contributed by atoms with van der Waals surface area (Å²) in [7, 11) is 0. The van der Waals surface area contributed by atoms with Gasteiger partial charge in [0.15, 0.2) is 5.65 Å². The average Bonchev–Trinajstić information content (AvgIpc) is 2.71. The van der Waals surface area contributed by atoms with Crippen LogP contribution < -0.4 is 10.1 Å². The molecule has 0 radical (unpaired) electrons. The number of rotatable bonds is 5. The van der Waals surface area contributed by atoms with Gasteiger partial charge in [-0.3, -0.25) is 0 Å². The van der Waals surface area contributed by atoms with Crippen LogP contribution in [0.3, 0.4) is 0 Å². The molecule has 86 valence electrons. The van der Waals surface area contributed by atoms with Gasteiger partial charge in [-0.2, -0.15) is 0 Å². The van der Waals surface area contributed by atoms with Crippen molar-refractivity contribution in [3.63, 3.8) is 0 Å². The van der Waals surface area contributed by atoms with Crippen LogP contribution in [0.25, 0.3) is 5.65 Å². The van der Waals surface area contributed by atoms with Crippen LogP contribution in [-0.2, 0) is 0 Å². The maximum Gasteiger partial charge on any atom is 0.233 e. The summed E-state index contributed by atoms with van der Waals surface area (Å²) in [6, 6.07) is 3.97. The summed E-state index contributed by atoms with van der Waals surface area (Å²) in [5, 5.41) is 18.3. The van der Waals surface area contributed by atoms with Crippen molar-refractivity contribution in [1.82, 2.24) is 30.6 Å². The second-order valence-electron chi connectivity index (χ2n) is 3.66. The first-order valence-electron chi connectivity index (χ1n) is 5.17. The van der Waals surface area contributed by atoms with Gasteiger partial charge in [-0.05, 0) is 16.5 Å². The monoisotopic (exact) mass is 222 g/mol. The van der Waals surface area contributed by atoms with Gasteiger partial charge in [-0.15, -0.1) is 14.8 Å². The molecule has 0 spiro atoms. The van der Waals surface area contributed by atoms with Gasteiger partial charge < -0.3 is 10.1 Å². The Morgan fingerprint density at radius 2 is 2.31 bits per heavy atom. The van der Waals surface area contributed by atoms with E-state index in [4.69, 9.17) is 4.74 Å². The van der Waals surface area contributed by atoms with E-state index in [9.17, 15) is 0 Å². The van der Waals surface area contributed by atoms with Crippen molar-refractivity contribution in [3.8, 4) is 5.88 Å². The standard InChI is InChI=1S/C9H14N6O/c1-7(2)10-5-6-16-9-4-3-8-11-13-14-15(8)12-9/h3-4,7,10H,5-6H2,1-2H3. The molecule has 0 aliphatic carbocycles. The van der Waals surface area contributed by atoms with E-state index in [1.807, 2.05) is 0 Å². The first-order chi connectivity index (χ1) is 7.75.